The lowest BCUT2D eigenvalue weighted by Crippen LogP contribution is -2.38. The number of methoxy groups -OCH3 is 1. The lowest BCUT2D eigenvalue weighted by atomic mass is 10.3. The van der Waals surface area contributed by atoms with Crippen LogP contribution in [-0.4, -0.2) is 79.4 Å². The third kappa shape index (κ3) is 9.86. The predicted molar refractivity (Wildman–Crippen MR) is 105 cm³/mol. The summed E-state index contributed by atoms with van der Waals surface area (Å²) >= 11 is 0. The summed E-state index contributed by atoms with van der Waals surface area (Å²) in [4.78, 5) is 70.6. The van der Waals surface area contributed by atoms with E-state index in [-0.39, 0.29) is 5.78 Å². The summed E-state index contributed by atoms with van der Waals surface area (Å²) in [5.41, 5.74) is 0. The SMILES string of the molecule is CO[C@H](C)C(=O)O[C@H](C)C(=O)O[C@@H](C)C(=O)O[C@@H](C)C(=O)OC(C)C(=O)OC(C)C(C)=O. The number of esters is 5. The Labute approximate surface area is 185 Å². The first-order valence-electron chi connectivity index (χ1n) is 9.76. The first-order chi connectivity index (χ1) is 14.7. The Morgan fingerprint density at radius 2 is 0.656 bits per heavy atom. The van der Waals surface area contributed by atoms with Crippen molar-refractivity contribution in [1.82, 2.24) is 0 Å². The Morgan fingerprint density at radius 1 is 0.438 bits per heavy atom. The lowest BCUT2D eigenvalue weighted by Gasteiger charge is -2.20. The van der Waals surface area contributed by atoms with Crippen LogP contribution >= 0.6 is 0 Å². The van der Waals surface area contributed by atoms with Crippen LogP contribution in [0.15, 0.2) is 0 Å². The minimum absolute atomic E-state index is 0.389. The van der Waals surface area contributed by atoms with Crippen LogP contribution in [0.5, 0.6) is 0 Å². The number of ketones is 1. The molecule has 32 heavy (non-hydrogen) atoms. The third-order valence-corrected chi connectivity index (χ3v) is 4.05. The molecule has 0 aliphatic carbocycles. The molecule has 0 amide bonds. The van der Waals surface area contributed by atoms with Gasteiger partial charge in [-0.15, -0.1) is 0 Å². The number of carbonyl (C=O) groups is 6. The normalized spacial score (nSPS) is 16.2. The van der Waals surface area contributed by atoms with E-state index < -0.39 is 66.5 Å². The number of Topliss-reactive ketones (excluding diaryl/α,β-unsaturated/α-hetero) is 1. The first kappa shape index (κ1) is 29.0. The molecule has 2 unspecified atom stereocenters. The zero-order chi connectivity index (χ0) is 25.2. The number of ether oxygens (including phenoxy) is 6. The van der Waals surface area contributed by atoms with Crippen LogP contribution in [-0.2, 0) is 57.2 Å². The van der Waals surface area contributed by atoms with Crippen LogP contribution in [0.4, 0.5) is 0 Å². The van der Waals surface area contributed by atoms with Crippen LogP contribution in [0.2, 0.25) is 0 Å². The molecule has 0 radical (unpaired) electrons. The Bertz CT molecular complexity index is 715. The quantitative estimate of drug-likeness (QED) is 0.288. The molecule has 0 rings (SSSR count). The van der Waals surface area contributed by atoms with Gasteiger partial charge >= 0.3 is 29.8 Å². The second-order valence-corrected chi connectivity index (χ2v) is 6.88. The lowest BCUT2D eigenvalue weighted by molar-refractivity contribution is -0.186. The van der Waals surface area contributed by atoms with E-state index in [9.17, 15) is 28.8 Å². The maximum Gasteiger partial charge on any atom is 0.347 e. The zero-order valence-electron chi connectivity index (χ0n) is 19.4. The Balaban J connectivity index is 4.65. The summed E-state index contributed by atoms with van der Waals surface area (Å²) in [6.07, 6.45) is -7.45. The van der Waals surface area contributed by atoms with Crippen molar-refractivity contribution in [3.63, 3.8) is 0 Å². The minimum Gasteiger partial charge on any atom is -0.452 e. The molecule has 0 aliphatic rings. The molecule has 0 saturated carbocycles. The molecule has 0 spiro atoms. The van der Waals surface area contributed by atoms with Crippen LogP contribution in [0.1, 0.15) is 48.5 Å². The van der Waals surface area contributed by atoms with E-state index in [1.165, 1.54) is 55.6 Å². The van der Waals surface area contributed by atoms with Crippen molar-refractivity contribution >= 4 is 35.6 Å². The van der Waals surface area contributed by atoms with Gasteiger partial charge < -0.3 is 28.4 Å². The molecule has 0 saturated heterocycles. The fourth-order valence-corrected chi connectivity index (χ4v) is 1.72. The van der Waals surface area contributed by atoms with Crippen molar-refractivity contribution in [2.24, 2.45) is 0 Å². The van der Waals surface area contributed by atoms with E-state index >= 15 is 0 Å². The summed E-state index contributed by atoms with van der Waals surface area (Å²) < 4.78 is 29.0. The number of carbonyl (C=O) groups excluding carboxylic acids is 6. The van der Waals surface area contributed by atoms with Gasteiger partial charge in [0.2, 0.25) is 0 Å². The highest BCUT2D eigenvalue weighted by molar-refractivity contribution is 5.87. The third-order valence-electron chi connectivity index (χ3n) is 4.05. The van der Waals surface area contributed by atoms with Gasteiger partial charge in [-0.05, 0) is 48.5 Å². The monoisotopic (exact) mass is 462 g/mol. The van der Waals surface area contributed by atoms with Gasteiger partial charge in [0.1, 0.15) is 0 Å². The van der Waals surface area contributed by atoms with Crippen LogP contribution in [0, 0.1) is 0 Å². The number of hydrogen-bond acceptors (Lipinski definition) is 12. The average Bonchev–Trinajstić information content (AvgIpc) is 2.71. The number of rotatable bonds is 12. The molecular formula is C20H30O12. The number of hydrogen-bond donors (Lipinski definition) is 0. The molecular weight excluding hydrogens is 432 g/mol. The first-order valence-corrected chi connectivity index (χ1v) is 9.76. The van der Waals surface area contributed by atoms with Crippen LogP contribution in [0.25, 0.3) is 0 Å². The summed E-state index contributed by atoms with van der Waals surface area (Å²) in [5.74, 6) is -5.29. The van der Waals surface area contributed by atoms with Gasteiger partial charge in [0.25, 0.3) is 0 Å². The van der Waals surface area contributed by atoms with E-state index in [2.05, 4.69) is 0 Å². The molecule has 0 fully saturated rings. The molecule has 6 atom stereocenters. The standard InChI is InChI=1S/C20H30O12/c1-9(21)10(2)28-17(23)12(4)30-19(25)14(6)32-20(26)15(7)31-18(24)13(5)29-16(22)11(3)27-8/h10-15H,1-8H3/t10?,11-,12?,13-,14+,15+/m1/s1. The van der Waals surface area contributed by atoms with Crippen LogP contribution in [0.3, 0.4) is 0 Å². The van der Waals surface area contributed by atoms with Gasteiger partial charge in [-0.2, -0.15) is 0 Å². The smallest absolute Gasteiger partial charge is 0.347 e. The Morgan fingerprint density at radius 3 is 0.875 bits per heavy atom. The van der Waals surface area contributed by atoms with Gasteiger partial charge in [-0.1, -0.05) is 0 Å². The maximum atomic E-state index is 12.1. The molecule has 12 nitrogen and oxygen atoms in total. The maximum absolute atomic E-state index is 12.1. The molecule has 0 N–H and O–H groups in total. The summed E-state index contributed by atoms with van der Waals surface area (Å²) in [6.45, 7) is 8.85. The molecule has 0 aromatic carbocycles. The van der Waals surface area contributed by atoms with Crippen molar-refractivity contribution in [3.8, 4) is 0 Å². The fourth-order valence-electron chi connectivity index (χ4n) is 1.72. The van der Waals surface area contributed by atoms with E-state index in [1.807, 2.05) is 0 Å². The van der Waals surface area contributed by atoms with Gasteiger partial charge in [0.15, 0.2) is 42.4 Å². The Hall–Kier alpha value is -3.02. The largest absolute Gasteiger partial charge is 0.452 e. The van der Waals surface area contributed by atoms with E-state index in [0.717, 1.165) is 0 Å². The fraction of sp³-hybridized carbons (Fsp3) is 0.700. The van der Waals surface area contributed by atoms with E-state index in [1.54, 1.807) is 0 Å². The van der Waals surface area contributed by atoms with Gasteiger partial charge in [-0.25, -0.2) is 24.0 Å². The second-order valence-electron chi connectivity index (χ2n) is 6.88. The molecule has 12 heteroatoms. The van der Waals surface area contributed by atoms with E-state index in [4.69, 9.17) is 28.4 Å². The predicted octanol–water partition coefficient (Wildman–Crippen LogP) is 0.269. The summed E-state index contributed by atoms with van der Waals surface area (Å²) in [5, 5.41) is 0. The summed E-state index contributed by atoms with van der Waals surface area (Å²) in [7, 11) is 1.29. The zero-order valence-corrected chi connectivity index (χ0v) is 19.4. The molecule has 0 heterocycles. The van der Waals surface area contributed by atoms with Crippen molar-refractivity contribution in [3.05, 3.63) is 0 Å². The highest BCUT2D eigenvalue weighted by Gasteiger charge is 2.31. The Kier molecular flexibility index (Phi) is 12.1. The van der Waals surface area contributed by atoms with Gasteiger partial charge in [-0.3, -0.25) is 4.79 Å². The van der Waals surface area contributed by atoms with Gasteiger partial charge in [0.05, 0.1) is 0 Å². The van der Waals surface area contributed by atoms with E-state index in [0.29, 0.717) is 0 Å². The molecule has 0 aromatic rings. The molecule has 0 bridgehead atoms. The molecule has 0 aromatic heterocycles. The average molecular weight is 462 g/mol. The minimum atomic E-state index is -1.44. The summed E-state index contributed by atoms with van der Waals surface area (Å²) in [6, 6.07) is 0. The van der Waals surface area contributed by atoms with Crippen molar-refractivity contribution in [2.45, 2.75) is 85.1 Å². The van der Waals surface area contributed by atoms with Crippen molar-refractivity contribution in [2.75, 3.05) is 7.11 Å². The van der Waals surface area contributed by atoms with Gasteiger partial charge in [0, 0.05) is 7.11 Å². The van der Waals surface area contributed by atoms with Crippen LogP contribution < -0.4 is 0 Å². The second kappa shape index (κ2) is 13.4. The highest BCUT2D eigenvalue weighted by Crippen LogP contribution is 2.08. The molecule has 0 aliphatic heterocycles. The van der Waals surface area contributed by atoms with Crippen molar-refractivity contribution < 1.29 is 57.2 Å². The van der Waals surface area contributed by atoms with Crippen molar-refractivity contribution in [1.29, 1.82) is 0 Å². The molecule has 182 valence electrons. The highest BCUT2D eigenvalue weighted by atomic mass is 16.6. The topological polar surface area (TPSA) is 158 Å².